The van der Waals surface area contributed by atoms with Crippen LogP contribution >= 0.6 is 43.2 Å². The van der Waals surface area contributed by atoms with Gasteiger partial charge in [0.1, 0.15) is 0 Å². The molecule has 0 aliphatic carbocycles. The number of carbonyl (C=O) groups is 2. The summed E-state index contributed by atoms with van der Waals surface area (Å²) in [5.41, 5.74) is 2.98. The summed E-state index contributed by atoms with van der Waals surface area (Å²) in [6.07, 6.45) is 1.67. The number of nitrogens with zero attached hydrogens (tertiary/aromatic N) is 2. The van der Waals surface area contributed by atoms with Crippen molar-refractivity contribution in [1.82, 2.24) is 4.57 Å². The summed E-state index contributed by atoms with van der Waals surface area (Å²) in [7, 11) is 0. The van der Waals surface area contributed by atoms with Gasteiger partial charge in [0.25, 0.3) is 5.56 Å². The third kappa shape index (κ3) is 5.62. The highest BCUT2D eigenvalue weighted by Gasteiger charge is 2.33. The van der Waals surface area contributed by atoms with E-state index in [4.69, 9.17) is 9.47 Å². The molecule has 1 aliphatic rings. The molecule has 1 aromatic heterocycles. The van der Waals surface area contributed by atoms with Crippen LogP contribution < -0.4 is 19.6 Å². The Bertz CT molecular complexity index is 1630. The van der Waals surface area contributed by atoms with E-state index in [9.17, 15) is 14.4 Å². The Balaban J connectivity index is 1.97. The molecule has 0 amide bonds. The van der Waals surface area contributed by atoms with Gasteiger partial charge < -0.3 is 9.47 Å². The Labute approximate surface area is 240 Å². The molecule has 0 fully saturated rings. The van der Waals surface area contributed by atoms with E-state index < -0.39 is 18.0 Å². The normalized spacial score (nSPS) is 15.4. The highest BCUT2D eigenvalue weighted by molar-refractivity contribution is 9.11. The molecule has 198 valence electrons. The first-order valence-electron chi connectivity index (χ1n) is 12.0. The Morgan fingerprint density at radius 2 is 1.87 bits per heavy atom. The van der Waals surface area contributed by atoms with E-state index >= 15 is 0 Å². The molecule has 7 nitrogen and oxygen atoms in total. The van der Waals surface area contributed by atoms with Gasteiger partial charge in [0.2, 0.25) is 0 Å². The first-order chi connectivity index (χ1) is 18.0. The van der Waals surface area contributed by atoms with Crippen molar-refractivity contribution in [2.24, 2.45) is 4.99 Å². The molecule has 1 aliphatic heterocycles. The van der Waals surface area contributed by atoms with Crippen molar-refractivity contribution in [2.75, 3.05) is 6.61 Å². The third-order valence-corrected chi connectivity index (χ3v) is 8.04. The molecule has 1 atom stereocenters. The summed E-state index contributed by atoms with van der Waals surface area (Å²) in [5.74, 6) is -0.350. The minimum Gasteiger partial charge on any atom is -0.463 e. The SMILES string of the molecule is CCOC(=O)C1=C(C)N=c2s/c(=C\c3cc(Br)cc(Br)c3OC(C)=O)c(=O)n2[C@H]1c1ccc(C(C)C)cc1. The standard InChI is InChI=1S/C28H26Br2N2O5S/c1-6-36-27(35)23-15(4)31-28-32(24(23)18-9-7-17(8-10-18)14(2)3)26(34)22(38-28)12-19-11-20(29)13-21(30)25(19)37-16(5)33/h7-14,24H,6H2,1-5H3/b22-12-/t24-/m0/s1. The van der Waals surface area contributed by atoms with Crippen LogP contribution in [-0.2, 0) is 14.3 Å². The minimum atomic E-state index is -0.698. The van der Waals surface area contributed by atoms with Crippen molar-refractivity contribution in [3.05, 3.63) is 93.0 Å². The van der Waals surface area contributed by atoms with E-state index in [1.807, 2.05) is 24.3 Å². The van der Waals surface area contributed by atoms with Crippen LogP contribution in [0, 0.1) is 0 Å². The Hall–Kier alpha value is -2.82. The van der Waals surface area contributed by atoms with Gasteiger partial charge in [-0.05, 0) is 65.0 Å². The Morgan fingerprint density at radius 1 is 1.18 bits per heavy atom. The van der Waals surface area contributed by atoms with Crippen molar-refractivity contribution in [2.45, 2.75) is 46.6 Å². The number of halogens is 2. The lowest BCUT2D eigenvalue weighted by Crippen LogP contribution is -2.40. The van der Waals surface area contributed by atoms with Gasteiger partial charge >= 0.3 is 11.9 Å². The van der Waals surface area contributed by atoms with Gasteiger partial charge in [0.05, 0.1) is 32.9 Å². The van der Waals surface area contributed by atoms with Gasteiger partial charge in [0, 0.05) is 17.0 Å². The molecule has 2 heterocycles. The van der Waals surface area contributed by atoms with Crippen LogP contribution in [0.5, 0.6) is 5.75 Å². The van der Waals surface area contributed by atoms with Crippen LogP contribution in [0.2, 0.25) is 0 Å². The Kier molecular flexibility index (Phi) is 8.54. The molecule has 0 spiro atoms. The van der Waals surface area contributed by atoms with Crippen LogP contribution in [0.3, 0.4) is 0 Å². The molecule has 2 aromatic carbocycles. The topological polar surface area (TPSA) is 87.0 Å². The zero-order valence-corrected chi connectivity index (χ0v) is 25.5. The lowest BCUT2D eigenvalue weighted by molar-refractivity contribution is -0.139. The highest BCUT2D eigenvalue weighted by Crippen LogP contribution is 2.34. The quantitative estimate of drug-likeness (QED) is 0.262. The summed E-state index contributed by atoms with van der Waals surface area (Å²) >= 11 is 8.10. The summed E-state index contributed by atoms with van der Waals surface area (Å²) in [4.78, 5) is 43.8. The van der Waals surface area contributed by atoms with Crippen molar-refractivity contribution in [1.29, 1.82) is 0 Å². The maximum absolute atomic E-state index is 13.9. The first-order valence-corrected chi connectivity index (χ1v) is 14.4. The molecule has 0 unspecified atom stereocenters. The molecular formula is C28H26Br2N2O5S. The van der Waals surface area contributed by atoms with Gasteiger partial charge in [-0.25, -0.2) is 9.79 Å². The van der Waals surface area contributed by atoms with Crippen molar-refractivity contribution in [3.8, 4) is 5.75 Å². The lowest BCUT2D eigenvalue weighted by atomic mass is 9.93. The average Bonchev–Trinajstić information content (AvgIpc) is 3.14. The van der Waals surface area contributed by atoms with Gasteiger partial charge in [0.15, 0.2) is 10.6 Å². The average molecular weight is 662 g/mol. The highest BCUT2D eigenvalue weighted by atomic mass is 79.9. The smallest absolute Gasteiger partial charge is 0.338 e. The number of esters is 2. The molecule has 0 bridgehead atoms. The molecular weight excluding hydrogens is 636 g/mol. The monoisotopic (exact) mass is 660 g/mol. The molecule has 0 saturated carbocycles. The zero-order chi connectivity index (χ0) is 27.7. The molecule has 4 rings (SSSR count). The van der Waals surface area contributed by atoms with Gasteiger partial charge in [-0.1, -0.05) is 65.4 Å². The van der Waals surface area contributed by atoms with E-state index in [-0.39, 0.29) is 12.2 Å². The second-order valence-electron chi connectivity index (χ2n) is 9.02. The van der Waals surface area contributed by atoms with Crippen LogP contribution in [0.4, 0.5) is 0 Å². The maximum atomic E-state index is 13.9. The van der Waals surface area contributed by atoms with E-state index in [1.165, 1.54) is 18.3 Å². The largest absolute Gasteiger partial charge is 0.463 e. The van der Waals surface area contributed by atoms with Gasteiger partial charge in [-0.3, -0.25) is 14.2 Å². The fourth-order valence-corrected chi connectivity index (χ4v) is 6.63. The fraction of sp³-hybridized carbons (Fsp3) is 0.286. The predicted molar refractivity (Wildman–Crippen MR) is 154 cm³/mol. The fourth-order valence-electron chi connectivity index (χ4n) is 4.25. The lowest BCUT2D eigenvalue weighted by Gasteiger charge is -2.25. The number of thiazole rings is 1. The third-order valence-electron chi connectivity index (χ3n) is 6.01. The number of rotatable bonds is 6. The first kappa shape index (κ1) is 28.2. The van der Waals surface area contributed by atoms with Crippen molar-refractivity contribution in [3.63, 3.8) is 0 Å². The predicted octanol–water partition coefficient (Wildman–Crippen LogP) is 5.37. The number of hydrogen-bond donors (Lipinski definition) is 0. The summed E-state index contributed by atoms with van der Waals surface area (Å²) < 4.78 is 14.0. The number of allylic oxidation sites excluding steroid dienone is 1. The zero-order valence-electron chi connectivity index (χ0n) is 21.5. The molecule has 10 heteroatoms. The number of ether oxygens (including phenoxy) is 2. The summed E-state index contributed by atoms with van der Waals surface area (Å²) in [6.45, 7) is 9.23. The second kappa shape index (κ2) is 11.5. The van der Waals surface area contributed by atoms with Crippen LogP contribution in [0.1, 0.15) is 63.3 Å². The van der Waals surface area contributed by atoms with E-state index in [0.29, 0.717) is 42.3 Å². The Morgan fingerprint density at radius 3 is 2.47 bits per heavy atom. The van der Waals surface area contributed by atoms with E-state index in [2.05, 4.69) is 50.7 Å². The summed E-state index contributed by atoms with van der Waals surface area (Å²) in [6, 6.07) is 10.7. The maximum Gasteiger partial charge on any atom is 0.338 e. The van der Waals surface area contributed by atoms with Gasteiger partial charge in [-0.2, -0.15) is 0 Å². The van der Waals surface area contributed by atoms with E-state index in [0.717, 1.165) is 15.6 Å². The molecule has 0 saturated heterocycles. The molecule has 0 N–H and O–H groups in total. The van der Waals surface area contributed by atoms with Crippen molar-refractivity contribution >= 4 is 61.2 Å². The number of carbonyl (C=O) groups excluding carboxylic acids is 2. The van der Waals surface area contributed by atoms with Crippen molar-refractivity contribution < 1.29 is 19.1 Å². The number of benzene rings is 2. The van der Waals surface area contributed by atoms with Crippen LogP contribution in [0.15, 0.2) is 66.4 Å². The van der Waals surface area contributed by atoms with E-state index in [1.54, 1.807) is 36.6 Å². The number of fused-ring (bicyclic) bond motifs is 1. The molecule has 0 radical (unpaired) electrons. The second-order valence-corrected chi connectivity index (χ2v) is 11.8. The van der Waals surface area contributed by atoms with Crippen LogP contribution in [0.25, 0.3) is 6.08 Å². The minimum absolute atomic E-state index is 0.204. The number of hydrogen-bond acceptors (Lipinski definition) is 7. The van der Waals surface area contributed by atoms with Crippen LogP contribution in [-0.4, -0.2) is 23.1 Å². The van der Waals surface area contributed by atoms with Gasteiger partial charge in [-0.15, -0.1) is 0 Å². The molecule has 3 aromatic rings. The number of aromatic nitrogens is 1. The molecule has 38 heavy (non-hydrogen) atoms. The summed E-state index contributed by atoms with van der Waals surface area (Å²) in [5, 5.41) is 0.